The second-order valence-electron chi connectivity index (χ2n) is 4.03. The minimum atomic E-state index is -0.217. The van der Waals surface area contributed by atoms with Gasteiger partial charge in [-0.25, -0.2) is 0 Å². The van der Waals surface area contributed by atoms with Crippen molar-refractivity contribution in [2.45, 2.75) is 0 Å². The lowest BCUT2D eigenvalue weighted by Crippen LogP contribution is -2.04. The predicted octanol–water partition coefficient (Wildman–Crippen LogP) is 1.82. The van der Waals surface area contributed by atoms with Crippen LogP contribution in [0, 0.1) is 0 Å². The largest absolute Gasteiger partial charge is 0.506 e. The fourth-order valence-electron chi connectivity index (χ4n) is 1.97. The number of para-hydroxylation sites is 1. The van der Waals surface area contributed by atoms with Crippen molar-refractivity contribution in [3.05, 3.63) is 40.6 Å². The number of rotatable bonds is 0. The highest BCUT2D eigenvalue weighted by atomic mass is 16.3. The summed E-state index contributed by atoms with van der Waals surface area (Å²) < 4.78 is 5.56. The molecule has 2 aromatic carbocycles. The number of phenolic OH excluding ortho intramolecular Hbond substituents is 1. The van der Waals surface area contributed by atoms with E-state index in [1.54, 1.807) is 18.2 Å². The number of nitrogens with two attached hydrogens (primary N) is 2. The molecule has 18 heavy (non-hydrogen) atoms. The molecular formula is C13H10N2O3. The van der Waals surface area contributed by atoms with Crippen molar-refractivity contribution < 1.29 is 9.52 Å². The number of nitrogen functional groups attached to an aromatic ring is 2. The van der Waals surface area contributed by atoms with E-state index in [0.717, 1.165) is 0 Å². The average molecular weight is 242 g/mol. The quantitative estimate of drug-likeness (QED) is 0.317. The van der Waals surface area contributed by atoms with Crippen LogP contribution in [0.2, 0.25) is 0 Å². The van der Waals surface area contributed by atoms with E-state index in [4.69, 9.17) is 15.9 Å². The Morgan fingerprint density at radius 2 is 1.72 bits per heavy atom. The molecule has 3 aromatic rings. The number of hydrogen-bond donors (Lipinski definition) is 3. The number of benzene rings is 2. The van der Waals surface area contributed by atoms with Crippen LogP contribution in [0.5, 0.6) is 5.75 Å². The summed E-state index contributed by atoms with van der Waals surface area (Å²) in [5.74, 6) is -0.125. The van der Waals surface area contributed by atoms with Crippen molar-refractivity contribution in [2.24, 2.45) is 0 Å². The Kier molecular flexibility index (Phi) is 1.98. The van der Waals surface area contributed by atoms with Gasteiger partial charge >= 0.3 is 0 Å². The Bertz CT molecular complexity index is 837. The van der Waals surface area contributed by atoms with Gasteiger partial charge < -0.3 is 21.0 Å². The molecule has 1 aromatic heterocycles. The molecule has 0 aliphatic rings. The topological polar surface area (TPSA) is 102 Å². The molecule has 0 aliphatic carbocycles. The van der Waals surface area contributed by atoms with E-state index in [2.05, 4.69) is 0 Å². The first-order valence-electron chi connectivity index (χ1n) is 5.32. The van der Waals surface area contributed by atoms with Crippen LogP contribution in [0.4, 0.5) is 11.4 Å². The summed E-state index contributed by atoms with van der Waals surface area (Å²) in [7, 11) is 0. The summed E-state index contributed by atoms with van der Waals surface area (Å²) in [5, 5.41) is 10.2. The first-order chi connectivity index (χ1) is 8.59. The molecule has 5 N–H and O–H groups in total. The van der Waals surface area contributed by atoms with Gasteiger partial charge in [-0.3, -0.25) is 4.79 Å². The second-order valence-corrected chi connectivity index (χ2v) is 4.03. The maximum Gasteiger partial charge on any atom is 0.200 e. The summed E-state index contributed by atoms with van der Waals surface area (Å²) >= 11 is 0. The van der Waals surface area contributed by atoms with Crippen LogP contribution < -0.4 is 16.9 Å². The van der Waals surface area contributed by atoms with Crippen LogP contribution in [0.15, 0.2) is 39.5 Å². The third-order valence-corrected chi connectivity index (χ3v) is 2.91. The Morgan fingerprint density at radius 1 is 1.00 bits per heavy atom. The molecule has 1 heterocycles. The summed E-state index contributed by atoms with van der Waals surface area (Å²) in [6, 6.07) is 7.81. The lowest BCUT2D eigenvalue weighted by atomic mass is 10.1. The molecule has 0 fully saturated rings. The average Bonchev–Trinajstić information content (AvgIpc) is 2.36. The van der Waals surface area contributed by atoms with Crippen molar-refractivity contribution >= 4 is 33.3 Å². The van der Waals surface area contributed by atoms with Crippen LogP contribution in [0.3, 0.4) is 0 Å². The molecule has 5 heteroatoms. The number of aromatic hydroxyl groups is 1. The first kappa shape index (κ1) is 10.5. The van der Waals surface area contributed by atoms with Gasteiger partial charge in [0.05, 0.1) is 16.5 Å². The van der Waals surface area contributed by atoms with Gasteiger partial charge in [0.1, 0.15) is 11.4 Å². The van der Waals surface area contributed by atoms with E-state index in [0.29, 0.717) is 16.5 Å². The molecule has 0 bridgehead atoms. The van der Waals surface area contributed by atoms with Gasteiger partial charge in [0.2, 0.25) is 5.43 Å². The van der Waals surface area contributed by atoms with Gasteiger partial charge in [-0.05, 0) is 24.3 Å². The molecule has 0 unspecified atom stereocenters. The summed E-state index contributed by atoms with van der Waals surface area (Å²) in [5.41, 5.74) is 12.1. The lowest BCUT2D eigenvalue weighted by molar-refractivity contribution is 0.477. The smallest absolute Gasteiger partial charge is 0.200 e. The second kappa shape index (κ2) is 3.40. The van der Waals surface area contributed by atoms with Crippen molar-refractivity contribution in [2.75, 3.05) is 11.5 Å². The van der Waals surface area contributed by atoms with E-state index < -0.39 is 0 Å². The van der Waals surface area contributed by atoms with Gasteiger partial charge in [0, 0.05) is 0 Å². The van der Waals surface area contributed by atoms with Gasteiger partial charge in [-0.1, -0.05) is 6.07 Å². The Labute approximate surface area is 101 Å². The van der Waals surface area contributed by atoms with E-state index >= 15 is 0 Å². The van der Waals surface area contributed by atoms with Crippen LogP contribution in [0.1, 0.15) is 0 Å². The fourth-order valence-corrected chi connectivity index (χ4v) is 1.97. The molecular weight excluding hydrogens is 232 g/mol. The summed E-state index contributed by atoms with van der Waals surface area (Å²) in [6.07, 6.45) is 0. The maximum absolute atomic E-state index is 12.3. The van der Waals surface area contributed by atoms with Gasteiger partial charge in [0.15, 0.2) is 11.2 Å². The molecule has 0 aliphatic heterocycles. The highest BCUT2D eigenvalue weighted by Gasteiger charge is 2.13. The standard InChI is InChI=1S/C13H10N2O3/c14-8-3-1-2-6-11(17)7-4-5-9(16)10(15)13(7)18-12(6)8/h1-5,16H,14-15H2. The van der Waals surface area contributed by atoms with Gasteiger partial charge in [0.25, 0.3) is 0 Å². The molecule has 3 rings (SSSR count). The predicted molar refractivity (Wildman–Crippen MR) is 70.5 cm³/mol. The van der Waals surface area contributed by atoms with E-state index in [9.17, 15) is 9.90 Å². The fraction of sp³-hybridized carbons (Fsp3) is 0. The molecule has 0 saturated carbocycles. The Balaban J connectivity index is 2.66. The molecule has 90 valence electrons. The minimum absolute atomic E-state index is 0.0368. The van der Waals surface area contributed by atoms with Crippen molar-refractivity contribution in [1.29, 1.82) is 0 Å². The maximum atomic E-state index is 12.3. The normalized spacial score (nSPS) is 11.1. The monoisotopic (exact) mass is 242 g/mol. The van der Waals surface area contributed by atoms with Gasteiger partial charge in [-0.15, -0.1) is 0 Å². The zero-order chi connectivity index (χ0) is 12.9. The lowest BCUT2D eigenvalue weighted by Gasteiger charge is -2.06. The molecule has 0 radical (unpaired) electrons. The molecule has 0 spiro atoms. The third kappa shape index (κ3) is 1.24. The van der Waals surface area contributed by atoms with Crippen molar-refractivity contribution in [1.82, 2.24) is 0 Å². The third-order valence-electron chi connectivity index (χ3n) is 2.91. The Morgan fingerprint density at radius 3 is 2.50 bits per heavy atom. The molecule has 5 nitrogen and oxygen atoms in total. The number of phenols is 1. The number of fused-ring (bicyclic) bond motifs is 2. The first-order valence-corrected chi connectivity index (χ1v) is 5.32. The summed E-state index contributed by atoms with van der Waals surface area (Å²) in [4.78, 5) is 12.3. The van der Waals surface area contributed by atoms with Crippen LogP contribution in [-0.4, -0.2) is 5.11 Å². The van der Waals surface area contributed by atoms with Crippen molar-refractivity contribution in [3.8, 4) is 5.75 Å². The summed E-state index contributed by atoms with van der Waals surface area (Å²) in [6.45, 7) is 0. The van der Waals surface area contributed by atoms with E-state index in [1.165, 1.54) is 12.1 Å². The highest BCUT2D eigenvalue weighted by molar-refractivity contribution is 5.99. The van der Waals surface area contributed by atoms with Crippen LogP contribution in [0.25, 0.3) is 21.9 Å². The van der Waals surface area contributed by atoms with E-state index in [-0.39, 0.29) is 28.0 Å². The zero-order valence-corrected chi connectivity index (χ0v) is 9.31. The van der Waals surface area contributed by atoms with E-state index in [1.807, 2.05) is 0 Å². The molecule has 0 amide bonds. The SMILES string of the molecule is Nc1cccc2c(=O)c3ccc(O)c(N)c3oc12. The molecule has 0 saturated heterocycles. The van der Waals surface area contributed by atoms with Crippen LogP contribution >= 0.6 is 0 Å². The number of anilines is 2. The molecule has 0 atom stereocenters. The van der Waals surface area contributed by atoms with Crippen LogP contribution in [-0.2, 0) is 0 Å². The van der Waals surface area contributed by atoms with Crippen molar-refractivity contribution in [3.63, 3.8) is 0 Å². The minimum Gasteiger partial charge on any atom is -0.506 e. The highest BCUT2D eigenvalue weighted by Crippen LogP contribution is 2.31. The Hall–Kier alpha value is -2.69. The number of hydrogen-bond acceptors (Lipinski definition) is 5. The zero-order valence-electron chi connectivity index (χ0n) is 9.31. The van der Waals surface area contributed by atoms with Gasteiger partial charge in [-0.2, -0.15) is 0 Å².